The van der Waals surface area contributed by atoms with E-state index in [1.165, 1.54) is 0 Å². The van der Waals surface area contributed by atoms with Crippen LogP contribution in [0, 0.1) is 47.3 Å². The Morgan fingerprint density at radius 2 is 1.00 bits per heavy atom. The van der Waals surface area contributed by atoms with Gasteiger partial charge in [0.1, 0.15) is 0 Å². The van der Waals surface area contributed by atoms with Gasteiger partial charge in [0.25, 0.3) is 0 Å². The molecule has 6 nitrogen and oxygen atoms in total. The molecule has 10 unspecified atom stereocenters. The molecule has 160 valence electrons. The molecule has 0 aromatic heterocycles. The Morgan fingerprint density at radius 3 is 1.29 bits per heavy atom. The molecular weight excluding hydrogens is 360 g/mol. The van der Waals surface area contributed by atoms with Crippen LogP contribution in [-0.2, 0) is 9.59 Å². The van der Waals surface area contributed by atoms with Gasteiger partial charge in [-0.3, -0.25) is 9.59 Å². The summed E-state index contributed by atoms with van der Waals surface area (Å²) in [5.41, 5.74) is 0. The first-order valence-corrected chi connectivity index (χ1v) is 11.0. The third-order valence-electron chi connectivity index (χ3n) is 8.31. The molecule has 0 aromatic carbocycles. The van der Waals surface area contributed by atoms with Crippen molar-refractivity contribution < 1.29 is 30.0 Å². The molecule has 0 aromatic rings. The summed E-state index contributed by atoms with van der Waals surface area (Å²) in [5.74, 6) is -0.194. The van der Waals surface area contributed by atoms with Gasteiger partial charge < -0.3 is 20.4 Å². The molecule has 0 saturated heterocycles. The van der Waals surface area contributed by atoms with Crippen LogP contribution < -0.4 is 0 Å². The number of hydrogen-bond acceptors (Lipinski definition) is 4. The Balaban J connectivity index is 1.59. The van der Waals surface area contributed by atoms with Crippen LogP contribution in [-0.4, -0.2) is 44.6 Å². The maximum atomic E-state index is 11.3. The van der Waals surface area contributed by atoms with Gasteiger partial charge in [-0.05, 0) is 86.9 Å². The van der Waals surface area contributed by atoms with Crippen LogP contribution in [0.5, 0.6) is 0 Å². The first kappa shape index (κ1) is 21.6. The average Bonchev–Trinajstić information content (AvgIpc) is 2.62. The van der Waals surface area contributed by atoms with E-state index in [0.717, 1.165) is 25.7 Å². The van der Waals surface area contributed by atoms with Crippen molar-refractivity contribution in [2.45, 2.75) is 77.4 Å². The summed E-state index contributed by atoms with van der Waals surface area (Å²) in [5, 5.41) is 39.1. The van der Waals surface area contributed by atoms with Crippen molar-refractivity contribution in [3.8, 4) is 0 Å². The van der Waals surface area contributed by atoms with Crippen LogP contribution in [0.15, 0.2) is 0 Å². The van der Waals surface area contributed by atoms with E-state index in [1.807, 2.05) is 0 Å². The van der Waals surface area contributed by atoms with Gasteiger partial charge in [0, 0.05) is 0 Å². The molecule has 6 heteroatoms. The van der Waals surface area contributed by atoms with E-state index < -0.39 is 36.0 Å². The highest BCUT2D eigenvalue weighted by molar-refractivity contribution is 5.71. The number of carboxylic acid groups (broad SMARTS) is 2. The largest absolute Gasteiger partial charge is 0.481 e. The summed E-state index contributed by atoms with van der Waals surface area (Å²) < 4.78 is 0. The number of carbonyl (C=O) groups is 2. The minimum absolute atomic E-state index is 0.386. The molecule has 3 aliphatic carbocycles. The molecule has 3 rings (SSSR count). The lowest BCUT2D eigenvalue weighted by atomic mass is 9.58. The minimum atomic E-state index is -0.883. The molecule has 0 spiro atoms. The lowest BCUT2D eigenvalue weighted by Crippen LogP contribution is -2.44. The Bertz CT molecular complexity index is 527. The summed E-state index contributed by atoms with van der Waals surface area (Å²) in [4.78, 5) is 22.5. The van der Waals surface area contributed by atoms with Crippen LogP contribution in [0.1, 0.15) is 65.2 Å². The van der Waals surface area contributed by atoms with E-state index in [4.69, 9.17) is 0 Å². The second-order valence-electron chi connectivity index (χ2n) is 9.92. The second-order valence-corrected chi connectivity index (χ2v) is 9.92. The van der Waals surface area contributed by atoms with Crippen molar-refractivity contribution in [2.75, 3.05) is 0 Å². The zero-order valence-corrected chi connectivity index (χ0v) is 17.0. The SMILES string of the molecule is CC1CC(C2CCC(C(=O)O)C(O)C2)C(C)CC1C1CCC(C(=O)O)C(O)C1. The Morgan fingerprint density at radius 1 is 0.643 bits per heavy atom. The summed E-state index contributed by atoms with van der Waals surface area (Å²) in [6.07, 6.45) is 4.74. The molecule has 0 radical (unpaired) electrons. The number of aliphatic hydroxyl groups is 2. The fraction of sp³-hybridized carbons (Fsp3) is 0.909. The fourth-order valence-corrected chi connectivity index (χ4v) is 6.70. The van der Waals surface area contributed by atoms with Crippen molar-refractivity contribution in [2.24, 2.45) is 47.3 Å². The van der Waals surface area contributed by atoms with Gasteiger partial charge in [-0.25, -0.2) is 0 Å². The van der Waals surface area contributed by atoms with Crippen molar-refractivity contribution in [3.63, 3.8) is 0 Å². The van der Waals surface area contributed by atoms with E-state index in [0.29, 0.717) is 61.2 Å². The second kappa shape index (κ2) is 8.70. The van der Waals surface area contributed by atoms with E-state index in [1.54, 1.807) is 0 Å². The summed E-state index contributed by atoms with van der Waals surface area (Å²) in [6, 6.07) is 0. The molecular formula is C22H36O6. The summed E-state index contributed by atoms with van der Waals surface area (Å²) in [7, 11) is 0. The first-order chi connectivity index (χ1) is 13.2. The number of aliphatic carboxylic acids is 2. The zero-order chi connectivity index (χ0) is 20.6. The van der Waals surface area contributed by atoms with Crippen molar-refractivity contribution in [3.05, 3.63) is 0 Å². The molecule has 3 aliphatic rings. The van der Waals surface area contributed by atoms with Crippen LogP contribution in [0.25, 0.3) is 0 Å². The predicted octanol–water partition coefficient (Wildman–Crippen LogP) is 3.01. The molecule has 28 heavy (non-hydrogen) atoms. The highest BCUT2D eigenvalue weighted by Crippen LogP contribution is 2.50. The van der Waals surface area contributed by atoms with Gasteiger partial charge in [0.15, 0.2) is 0 Å². The topological polar surface area (TPSA) is 115 Å². The molecule has 3 fully saturated rings. The monoisotopic (exact) mass is 396 g/mol. The molecule has 3 saturated carbocycles. The van der Waals surface area contributed by atoms with Gasteiger partial charge in [0.2, 0.25) is 0 Å². The highest BCUT2D eigenvalue weighted by atomic mass is 16.4. The van der Waals surface area contributed by atoms with E-state index in [-0.39, 0.29) is 0 Å². The normalized spacial score (nSPS) is 47.4. The van der Waals surface area contributed by atoms with Gasteiger partial charge in [0.05, 0.1) is 24.0 Å². The Kier molecular flexibility index (Phi) is 6.70. The smallest absolute Gasteiger partial charge is 0.309 e. The Hall–Kier alpha value is -1.14. The lowest BCUT2D eigenvalue weighted by molar-refractivity contribution is -0.150. The van der Waals surface area contributed by atoms with Gasteiger partial charge >= 0.3 is 11.9 Å². The van der Waals surface area contributed by atoms with Crippen LogP contribution in [0.3, 0.4) is 0 Å². The molecule has 0 bridgehead atoms. The quantitative estimate of drug-likeness (QED) is 0.581. The van der Waals surface area contributed by atoms with Crippen LogP contribution in [0.4, 0.5) is 0 Å². The molecule has 0 amide bonds. The van der Waals surface area contributed by atoms with Crippen LogP contribution >= 0.6 is 0 Å². The van der Waals surface area contributed by atoms with Gasteiger partial charge in [-0.15, -0.1) is 0 Å². The summed E-state index contributed by atoms with van der Waals surface area (Å²) in [6.45, 7) is 4.55. The van der Waals surface area contributed by atoms with Gasteiger partial charge in [-0.2, -0.15) is 0 Å². The number of rotatable bonds is 4. The maximum Gasteiger partial charge on any atom is 0.309 e. The average molecular weight is 397 g/mol. The van der Waals surface area contributed by atoms with E-state index in [2.05, 4.69) is 13.8 Å². The van der Waals surface area contributed by atoms with Gasteiger partial charge in [-0.1, -0.05) is 13.8 Å². The number of hydrogen-bond donors (Lipinski definition) is 4. The maximum absolute atomic E-state index is 11.3. The third kappa shape index (κ3) is 4.38. The molecule has 0 aliphatic heterocycles. The highest BCUT2D eigenvalue weighted by Gasteiger charge is 2.45. The van der Waals surface area contributed by atoms with Crippen molar-refractivity contribution in [1.29, 1.82) is 0 Å². The molecule has 0 heterocycles. The Labute approximate surface area is 167 Å². The van der Waals surface area contributed by atoms with E-state index >= 15 is 0 Å². The molecule has 10 atom stereocenters. The number of aliphatic hydroxyl groups excluding tert-OH is 2. The van der Waals surface area contributed by atoms with E-state index in [9.17, 15) is 30.0 Å². The van der Waals surface area contributed by atoms with Crippen molar-refractivity contribution in [1.82, 2.24) is 0 Å². The summed E-state index contributed by atoms with van der Waals surface area (Å²) >= 11 is 0. The third-order valence-corrected chi connectivity index (χ3v) is 8.31. The van der Waals surface area contributed by atoms with Crippen molar-refractivity contribution >= 4 is 11.9 Å². The number of carboxylic acids is 2. The minimum Gasteiger partial charge on any atom is -0.481 e. The standard InChI is InChI=1S/C22H36O6/c1-11-7-18(14-4-6-16(22(27)28)20(24)10-14)12(2)8-17(11)13-3-5-15(21(25)26)19(23)9-13/h11-20,23-24H,3-10H2,1-2H3,(H,25,26)(H,27,28). The lowest BCUT2D eigenvalue weighted by Gasteiger charge is -2.48. The zero-order valence-electron chi connectivity index (χ0n) is 17.0. The fourth-order valence-electron chi connectivity index (χ4n) is 6.70. The predicted molar refractivity (Wildman–Crippen MR) is 103 cm³/mol. The first-order valence-electron chi connectivity index (χ1n) is 11.0. The van der Waals surface area contributed by atoms with Crippen LogP contribution in [0.2, 0.25) is 0 Å². The molecule has 4 N–H and O–H groups in total.